The maximum Gasteiger partial charge on any atom is 0.325 e. The summed E-state index contributed by atoms with van der Waals surface area (Å²) in [5.74, 6) is -0.162. The van der Waals surface area contributed by atoms with Gasteiger partial charge in [-0.2, -0.15) is 0 Å². The molecule has 1 aromatic heterocycles. The third kappa shape index (κ3) is 4.28. The molecule has 2 rings (SSSR count). The highest BCUT2D eigenvalue weighted by atomic mass is 32.1. The van der Waals surface area contributed by atoms with Crippen LogP contribution in [0, 0.1) is 13.8 Å². The second-order valence-electron chi connectivity index (χ2n) is 4.50. The number of amides is 3. The van der Waals surface area contributed by atoms with E-state index in [1.807, 2.05) is 13.8 Å². The van der Waals surface area contributed by atoms with Crippen LogP contribution in [0.4, 0.5) is 21.3 Å². The molecule has 0 aliphatic rings. The first-order chi connectivity index (χ1) is 9.94. The monoisotopic (exact) mass is 304 g/mol. The first-order valence-corrected chi connectivity index (χ1v) is 7.15. The zero-order valence-corrected chi connectivity index (χ0v) is 12.8. The van der Waals surface area contributed by atoms with Crippen LogP contribution in [0.15, 0.2) is 24.3 Å². The summed E-state index contributed by atoms with van der Waals surface area (Å²) in [6.45, 7) is 5.28. The largest absolute Gasteiger partial charge is 0.326 e. The lowest BCUT2D eigenvalue weighted by Crippen LogP contribution is -2.19. The number of carbonyl (C=O) groups is 2. The molecule has 0 bridgehead atoms. The molecule has 3 amide bonds. The van der Waals surface area contributed by atoms with Crippen molar-refractivity contribution in [3.63, 3.8) is 0 Å². The summed E-state index contributed by atoms with van der Waals surface area (Å²) in [6, 6.07) is 6.54. The van der Waals surface area contributed by atoms with Crippen LogP contribution in [0.25, 0.3) is 0 Å². The van der Waals surface area contributed by atoms with Gasteiger partial charge < -0.3 is 10.6 Å². The standard InChI is InChI=1S/C14H16N4O2S/c1-8-9(2)21-14(15-8)18-13(20)17-12-6-4-5-11(7-12)16-10(3)19/h4-7H,1-3H3,(H,16,19)(H2,15,17,18,20). The minimum atomic E-state index is -0.372. The van der Waals surface area contributed by atoms with E-state index in [0.717, 1.165) is 10.6 Å². The first kappa shape index (κ1) is 15.0. The molecule has 1 aromatic carbocycles. The fraction of sp³-hybridized carbons (Fsp3) is 0.214. The lowest BCUT2D eigenvalue weighted by atomic mass is 10.3. The van der Waals surface area contributed by atoms with Gasteiger partial charge in [-0.3, -0.25) is 10.1 Å². The van der Waals surface area contributed by atoms with Crippen LogP contribution in [-0.4, -0.2) is 16.9 Å². The minimum absolute atomic E-state index is 0.162. The molecule has 0 spiro atoms. The molecule has 7 heteroatoms. The molecule has 0 unspecified atom stereocenters. The van der Waals surface area contributed by atoms with Crippen LogP contribution in [0.3, 0.4) is 0 Å². The third-order valence-corrected chi connectivity index (χ3v) is 3.68. The number of nitrogens with zero attached hydrogens (tertiary/aromatic N) is 1. The van der Waals surface area contributed by atoms with E-state index in [1.54, 1.807) is 24.3 Å². The molecule has 0 radical (unpaired) electrons. The van der Waals surface area contributed by atoms with Crippen molar-refractivity contribution < 1.29 is 9.59 Å². The topological polar surface area (TPSA) is 83.1 Å². The molecule has 21 heavy (non-hydrogen) atoms. The molecule has 0 saturated heterocycles. The van der Waals surface area contributed by atoms with E-state index in [-0.39, 0.29) is 11.9 Å². The Morgan fingerprint density at radius 3 is 2.33 bits per heavy atom. The second-order valence-corrected chi connectivity index (χ2v) is 5.70. The summed E-state index contributed by atoms with van der Waals surface area (Å²) in [7, 11) is 0. The quantitative estimate of drug-likeness (QED) is 0.813. The number of anilines is 3. The summed E-state index contributed by atoms with van der Waals surface area (Å²) in [6.07, 6.45) is 0. The Morgan fingerprint density at radius 2 is 1.76 bits per heavy atom. The van der Waals surface area contributed by atoms with Crippen molar-refractivity contribution in [2.75, 3.05) is 16.0 Å². The van der Waals surface area contributed by atoms with Crippen LogP contribution in [0.2, 0.25) is 0 Å². The van der Waals surface area contributed by atoms with Crippen molar-refractivity contribution in [1.82, 2.24) is 4.98 Å². The van der Waals surface area contributed by atoms with Gasteiger partial charge in [-0.25, -0.2) is 9.78 Å². The highest BCUT2D eigenvalue weighted by Gasteiger charge is 2.08. The van der Waals surface area contributed by atoms with Gasteiger partial charge in [-0.05, 0) is 32.0 Å². The van der Waals surface area contributed by atoms with Gasteiger partial charge in [-0.15, -0.1) is 11.3 Å². The highest BCUT2D eigenvalue weighted by molar-refractivity contribution is 7.15. The number of aromatic nitrogens is 1. The fourth-order valence-electron chi connectivity index (χ4n) is 1.66. The van der Waals surface area contributed by atoms with E-state index in [2.05, 4.69) is 20.9 Å². The maximum atomic E-state index is 11.9. The van der Waals surface area contributed by atoms with Gasteiger partial charge in [0.1, 0.15) is 0 Å². The average Bonchev–Trinajstić information content (AvgIpc) is 2.67. The number of urea groups is 1. The van der Waals surface area contributed by atoms with Gasteiger partial charge in [0.15, 0.2) is 5.13 Å². The number of nitrogens with one attached hydrogen (secondary N) is 3. The van der Waals surface area contributed by atoms with Gasteiger partial charge in [-0.1, -0.05) is 6.07 Å². The molecule has 2 aromatic rings. The third-order valence-electron chi connectivity index (χ3n) is 2.69. The van der Waals surface area contributed by atoms with Crippen molar-refractivity contribution in [2.24, 2.45) is 0 Å². The molecule has 0 atom stereocenters. The zero-order valence-electron chi connectivity index (χ0n) is 12.0. The molecule has 1 heterocycles. The Morgan fingerprint density at radius 1 is 1.10 bits per heavy atom. The van der Waals surface area contributed by atoms with Crippen molar-refractivity contribution in [1.29, 1.82) is 0 Å². The number of hydrogen-bond acceptors (Lipinski definition) is 4. The summed E-state index contributed by atoms with van der Waals surface area (Å²) < 4.78 is 0. The van der Waals surface area contributed by atoms with Gasteiger partial charge in [0.2, 0.25) is 5.91 Å². The molecule has 0 aliphatic carbocycles. The van der Waals surface area contributed by atoms with Crippen LogP contribution in [0.5, 0.6) is 0 Å². The van der Waals surface area contributed by atoms with Crippen LogP contribution >= 0.6 is 11.3 Å². The lowest BCUT2D eigenvalue weighted by molar-refractivity contribution is -0.114. The van der Waals surface area contributed by atoms with Crippen molar-refractivity contribution >= 4 is 39.8 Å². The predicted octanol–water partition coefficient (Wildman–Crippen LogP) is 3.36. The summed E-state index contributed by atoms with van der Waals surface area (Å²) in [4.78, 5) is 28.2. The Bertz CT molecular complexity index is 662. The van der Waals surface area contributed by atoms with Crippen LogP contribution < -0.4 is 16.0 Å². The van der Waals surface area contributed by atoms with Crippen LogP contribution in [-0.2, 0) is 4.79 Å². The van der Waals surface area contributed by atoms with Gasteiger partial charge in [0, 0.05) is 23.2 Å². The molecule has 3 N–H and O–H groups in total. The summed E-state index contributed by atoms with van der Waals surface area (Å²) in [5.41, 5.74) is 2.12. The van der Waals surface area contributed by atoms with E-state index in [4.69, 9.17) is 0 Å². The van der Waals surface area contributed by atoms with E-state index in [0.29, 0.717) is 16.5 Å². The number of hydrogen-bond donors (Lipinski definition) is 3. The number of benzene rings is 1. The molecular formula is C14H16N4O2S. The van der Waals surface area contributed by atoms with E-state index in [9.17, 15) is 9.59 Å². The molecule has 0 aliphatic heterocycles. The van der Waals surface area contributed by atoms with E-state index < -0.39 is 0 Å². The smallest absolute Gasteiger partial charge is 0.325 e. The second kappa shape index (κ2) is 6.36. The van der Waals surface area contributed by atoms with Crippen LogP contribution in [0.1, 0.15) is 17.5 Å². The van der Waals surface area contributed by atoms with Crippen molar-refractivity contribution in [3.05, 3.63) is 34.8 Å². The van der Waals surface area contributed by atoms with Gasteiger partial charge in [0.05, 0.1) is 5.69 Å². The van der Waals surface area contributed by atoms with Crippen molar-refractivity contribution in [3.8, 4) is 0 Å². The highest BCUT2D eigenvalue weighted by Crippen LogP contribution is 2.21. The number of aryl methyl sites for hydroxylation is 2. The van der Waals surface area contributed by atoms with E-state index >= 15 is 0 Å². The predicted molar refractivity (Wildman–Crippen MR) is 85.0 cm³/mol. The van der Waals surface area contributed by atoms with Gasteiger partial charge >= 0.3 is 6.03 Å². The van der Waals surface area contributed by atoms with Gasteiger partial charge in [0.25, 0.3) is 0 Å². The molecule has 110 valence electrons. The normalized spacial score (nSPS) is 10.0. The maximum absolute atomic E-state index is 11.9. The SMILES string of the molecule is CC(=O)Nc1cccc(NC(=O)Nc2nc(C)c(C)s2)c1. The molecule has 6 nitrogen and oxygen atoms in total. The average molecular weight is 304 g/mol. The number of carbonyl (C=O) groups excluding carboxylic acids is 2. The Balaban J connectivity index is 2.00. The minimum Gasteiger partial charge on any atom is -0.326 e. The summed E-state index contributed by atoms with van der Waals surface area (Å²) >= 11 is 1.42. The number of thiazole rings is 1. The fourth-order valence-corrected chi connectivity index (χ4v) is 2.47. The zero-order chi connectivity index (χ0) is 15.4. The van der Waals surface area contributed by atoms with Crippen molar-refractivity contribution in [2.45, 2.75) is 20.8 Å². The molecule has 0 saturated carbocycles. The molecular weight excluding hydrogens is 288 g/mol. The Kier molecular flexibility index (Phi) is 4.54. The number of rotatable bonds is 3. The Labute approximate surface area is 126 Å². The lowest BCUT2D eigenvalue weighted by Gasteiger charge is -2.07. The van der Waals surface area contributed by atoms with E-state index in [1.165, 1.54) is 18.3 Å². The Hall–Kier alpha value is -2.41. The first-order valence-electron chi connectivity index (χ1n) is 6.34. The molecule has 0 fully saturated rings. The summed E-state index contributed by atoms with van der Waals surface area (Å²) in [5, 5.41) is 8.59.